The Hall–Kier alpha value is -0.440. The third-order valence-electron chi connectivity index (χ3n) is 1.62. The first-order valence-electron chi connectivity index (χ1n) is 3.29. The van der Waals surface area contributed by atoms with E-state index in [0.717, 1.165) is 19.0 Å². The quantitative estimate of drug-likeness (QED) is 0.551. The Morgan fingerprint density at radius 2 is 2.60 bits per heavy atom. The summed E-state index contributed by atoms with van der Waals surface area (Å²) in [7, 11) is 0. The molecule has 2 aliphatic rings. The second-order valence-electron chi connectivity index (χ2n) is 2.37. The third kappa shape index (κ3) is 0.944. The highest BCUT2D eigenvalue weighted by Gasteiger charge is 2.25. The molecule has 0 aromatic rings. The number of allylic oxidation sites excluding steroid dienone is 2. The maximum atomic E-state index is 5.42. The molecule has 0 saturated carbocycles. The van der Waals surface area contributed by atoms with Gasteiger partial charge in [-0.3, -0.25) is 0 Å². The van der Waals surface area contributed by atoms with Gasteiger partial charge in [0.1, 0.15) is 0 Å². The van der Waals surface area contributed by atoms with Crippen molar-refractivity contribution < 1.29 is 4.74 Å². The zero-order valence-corrected chi connectivity index (χ0v) is 7.04. The van der Waals surface area contributed by atoms with Crippen molar-refractivity contribution >= 4 is 15.9 Å². The summed E-state index contributed by atoms with van der Waals surface area (Å²) >= 11 is 3.40. The van der Waals surface area contributed by atoms with Crippen molar-refractivity contribution in [1.82, 2.24) is 4.90 Å². The fourth-order valence-electron chi connectivity index (χ4n) is 1.15. The largest absolute Gasteiger partial charge is 0.462 e. The zero-order chi connectivity index (χ0) is 6.97. The minimum absolute atomic E-state index is 0.179. The Kier molecular flexibility index (Phi) is 1.45. The number of ether oxygens (including phenoxy) is 1. The van der Waals surface area contributed by atoms with Gasteiger partial charge in [-0.05, 0) is 22.0 Å². The summed E-state index contributed by atoms with van der Waals surface area (Å²) in [6, 6.07) is 0. The molecule has 2 nitrogen and oxygen atoms in total. The predicted molar refractivity (Wildman–Crippen MR) is 42.6 cm³/mol. The monoisotopic (exact) mass is 201 g/mol. The van der Waals surface area contributed by atoms with Gasteiger partial charge in [0.15, 0.2) is 10.9 Å². The number of hydrogen-bond donors (Lipinski definition) is 0. The predicted octanol–water partition coefficient (Wildman–Crippen LogP) is 1.45. The smallest absolute Gasteiger partial charge is 0.191 e. The number of fused-ring (bicyclic) bond motifs is 1. The standard InChI is InChI=1S/C7H8BrNO/c8-6-5-9-4-2-1-3-7(9)10-6/h1-3,6H,4-5H2. The molecule has 1 atom stereocenters. The molecule has 0 aromatic heterocycles. The minimum Gasteiger partial charge on any atom is -0.462 e. The SMILES string of the molecule is BrC1CN2CC=CC=C2O1. The molecule has 1 saturated heterocycles. The first-order valence-corrected chi connectivity index (χ1v) is 4.20. The summed E-state index contributed by atoms with van der Waals surface area (Å²) in [5, 5.41) is 0.179. The molecule has 0 aliphatic carbocycles. The Balaban J connectivity index is 2.18. The first-order chi connectivity index (χ1) is 4.86. The lowest BCUT2D eigenvalue weighted by Gasteiger charge is -2.16. The van der Waals surface area contributed by atoms with Gasteiger partial charge in [0.25, 0.3) is 0 Å². The fourth-order valence-corrected chi connectivity index (χ4v) is 1.69. The fraction of sp³-hybridized carbons (Fsp3) is 0.429. The van der Waals surface area contributed by atoms with E-state index in [1.54, 1.807) is 0 Å². The highest BCUT2D eigenvalue weighted by atomic mass is 79.9. The van der Waals surface area contributed by atoms with Crippen molar-refractivity contribution in [3.8, 4) is 0 Å². The summed E-state index contributed by atoms with van der Waals surface area (Å²) in [4.78, 5) is 2.19. The molecule has 2 aliphatic heterocycles. The van der Waals surface area contributed by atoms with Crippen LogP contribution in [0.3, 0.4) is 0 Å². The highest BCUT2D eigenvalue weighted by molar-refractivity contribution is 9.09. The summed E-state index contributed by atoms with van der Waals surface area (Å²) in [6.07, 6.45) is 6.14. The van der Waals surface area contributed by atoms with Crippen molar-refractivity contribution in [2.75, 3.05) is 13.1 Å². The van der Waals surface area contributed by atoms with E-state index in [9.17, 15) is 0 Å². The first kappa shape index (κ1) is 6.28. The van der Waals surface area contributed by atoms with E-state index in [1.165, 1.54) is 0 Å². The van der Waals surface area contributed by atoms with Crippen LogP contribution in [0.15, 0.2) is 24.1 Å². The van der Waals surface area contributed by atoms with Crippen LogP contribution in [-0.4, -0.2) is 23.0 Å². The van der Waals surface area contributed by atoms with Crippen molar-refractivity contribution in [3.05, 3.63) is 24.1 Å². The van der Waals surface area contributed by atoms with Crippen LogP contribution < -0.4 is 0 Å². The summed E-state index contributed by atoms with van der Waals surface area (Å²) < 4.78 is 5.42. The van der Waals surface area contributed by atoms with E-state index in [1.807, 2.05) is 12.2 Å². The Labute approximate surface area is 68.3 Å². The maximum absolute atomic E-state index is 5.42. The van der Waals surface area contributed by atoms with Gasteiger partial charge in [-0.15, -0.1) is 0 Å². The van der Waals surface area contributed by atoms with Gasteiger partial charge < -0.3 is 9.64 Å². The Morgan fingerprint density at radius 3 is 3.40 bits per heavy atom. The van der Waals surface area contributed by atoms with Gasteiger partial charge in [0, 0.05) is 6.54 Å². The molecule has 0 aromatic carbocycles. The van der Waals surface area contributed by atoms with Gasteiger partial charge in [-0.25, -0.2) is 0 Å². The third-order valence-corrected chi connectivity index (χ3v) is 2.10. The van der Waals surface area contributed by atoms with Crippen LogP contribution in [-0.2, 0) is 4.74 Å². The molecular weight excluding hydrogens is 194 g/mol. The molecule has 0 radical (unpaired) electrons. The second-order valence-corrected chi connectivity index (χ2v) is 3.39. The topological polar surface area (TPSA) is 12.5 Å². The lowest BCUT2D eigenvalue weighted by Crippen LogP contribution is -2.20. The average Bonchev–Trinajstić information content (AvgIpc) is 2.27. The van der Waals surface area contributed by atoms with Crippen molar-refractivity contribution in [2.45, 2.75) is 5.01 Å². The number of hydrogen-bond acceptors (Lipinski definition) is 2. The van der Waals surface area contributed by atoms with Crippen LogP contribution in [0, 0.1) is 0 Å². The van der Waals surface area contributed by atoms with Crippen molar-refractivity contribution in [3.63, 3.8) is 0 Å². The van der Waals surface area contributed by atoms with E-state index in [2.05, 4.69) is 26.9 Å². The van der Waals surface area contributed by atoms with E-state index < -0.39 is 0 Å². The molecular formula is C7H8BrNO. The van der Waals surface area contributed by atoms with Gasteiger partial charge in [-0.2, -0.15) is 0 Å². The Bertz CT molecular complexity index is 200. The lowest BCUT2D eigenvalue weighted by atomic mass is 10.3. The average molecular weight is 202 g/mol. The number of alkyl halides is 1. The van der Waals surface area contributed by atoms with E-state index in [0.29, 0.717) is 0 Å². The second kappa shape index (κ2) is 2.31. The van der Waals surface area contributed by atoms with Crippen LogP contribution in [0.2, 0.25) is 0 Å². The van der Waals surface area contributed by atoms with Crippen LogP contribution in [0.25, 0.3) is 0 Å². The number of rotatable bonds is 0. The molecule has 1 unspecified atom stereocenters. The van der Waals surface area contributed by atoms with E-state index in [4.69, 9.17) is 4.74 Å². The van der Waals surface area contributed by atoms with E-state index >= 15 is 0 Å². The van der Waals surface area contributed by atoms with Crippen LogP contribution in [0.1, 0.15) is 0 Å². The van der Waals surface area contributed by atoms with Crippen LogP contribution >= 0.6 is 15.9 Å². The normalized spacial score (nSPS) is 29.5. The molecule has 3 heteroatoms. The van der Waals surface area contributed by atoms with Crippen molar-refractivity contribution in [2.24, 2.45) is 0 Å². The molecule has 2 rings (SSSR count). The molecule has 10 heavy (non-hydrogen) atoms. The zero-order valence-electron chi connectivity index (χ0n) is 5.46. The molecule has 1 fully saturated rings. The van der Waals surface area contributed by atoms with Crippen LogP contribution in [0.5, 0.6) is 0 Å². The summed E-state index contributed by atoms with van der Waals surface area (Å²) in [5.74, 6) is 0.990. The highest BCUT2D eigenvalue weighted by Crippen LogP contribution is 2.24. The Morgan fingerprint density at radius 1 is 1.70 bits per heavy atom. The van der Waals surface area contributed by atoms with Gasteiger partial charge in [0.05, 0.1) is 6.54 Å². The summed E-state index contributed by atoms with van der Waals surface area (Å²) in [5.41, 5.74) is 0. The van der Waals surface area contributed by atoms with Gasteiger partial charge in [-0.1, -0.05) is 12.2 Å². The van der Waals surface area contributed by atoms with Gasteiger partial charge >= 0.3 is 0 Å². The molecule has 54 valence electrons. The van der Waals surface area contributed by atoms with Crippen LogP contribution in [0.4, 0.5) is 0 Å². The lowest BCUT2D eigenvalue weighted by molar-refractivity contribution is 0.223. The number of nitrogens with zero attached hydrogens (tertiary/aromatic N) is 1. The molecule has 0 bridgehead atoms. The molecule has 0 spiro atoms. The summed E-state index contributed by atoms with van der Waals surface area (Å²) in [6.45, 7) is 1.93. The number of halogens is 1. The van der Waals surface area contributed by atoms with Crippen molar-refractivity contribution in [1.29, 1.82) is 0 Å². The molecule has 0 N–H and O–H groups in total. The maximum Gasteiger partial charge on any atom is 0.191 e. The van der Waals surface area contributed by atoms with E-state index in [-0.39, 0.29) is 5.01 Å². The van der Waals surface area contributed by atoms with Gasteiger partial charge in [0.2, 0.25) is 0 Å². The molecule has 0 amide bonds. The minimum atomic E-state index is 0.179. The molecule has 2 heterocycles.